The van der Waals surface area contributed by atoms with Crippen molar-refractivity contribution in [1.29, 1.82) is 0 Å². The number of hydrogen-bond donors (Lipinski definition) is 0. The van der Waals surface area contributed by atoms with Gasteiger partial charge in [0.2, 0.25) is 0 Å². The van der Waals surface area contributed by atoms with E-state index >= 15 is 0 Å². The van der Waals surface area contributed by atoms with Crippen LogP contribution in [0.2, 0.25) is 0 Å². The van der Waals surface area contributed by atoms with Gasteiger partial charge in [-0.1, -0.05) is 24.3 Å². The average Bonchev–Trinajstić information content (AvgIpc) is 2.48. The molecule has 0 saturated carbocycles. The van der Waals surface area contributed by atoms with Gasteiger partial charge in [-0.25, -0.2) is 0 Å². The largest absolute Gasteiger partial charge is 0.258 e. The molecule has 0 fully saturated rings. The molecule has 2 aliphatic rings. The molecule has 0 bridgehead atoms. The van der Waals surface area contributed by atoms with Crippen LogP contribution in [0.1, 0.15) is 12.8 Å². The van der Waals surface area contributed by atoms with E-state index in [4.69, 9.17) is 4.99 Å². The van der Waals surface area contributed by atoms with E-state index in [1.165, 1.54) is 5.71 Å². The number of para-hydroxylation sites is 2. The van der Waals surface area contributed by atoms with Gasteiger partial charge in [0.05, 0.1) is 11.4 Å². The third kappa shape index (κ3) is 1.52. The Morgan fingerprint density at radius 3 is 2.87 bits per heavy atom. The van der Waals surface area contributed by atoms with Gasteiger partial charge in [0.1, 0.15) is 0 Å². The SMILES string of the molecule is C1=CCC2C=Nc3ccccc3N=C2C1. The van der Waals surface area contributed by atoms with Crippen LogP contribution >= 0.6 is 0 Å². The summed E-state index contributed by atoms with van der Waals surface area (Å²) in [5.41, 5.74) is 3.23. The van der Waals surface area contributed by atoms with Crippen LogP contribution in [-0.4, -0.2) is 11.9 Å². The van der Waals surface area contributed by atoms with Crippen molar-refractivity contribution in [2.75, 3.05) is 0 Å². The predicted octanol–water partition coefficient (Wildman–Crippen LogP) is 3.44. The Bertz CT molecular complexity index is 469. The standard InChI is InChI=1S/C13H12N2/c1-2-6-11-10(5-1)9-14-12-7-3-4-8-13(12)15-11/h1-4,7-10H,5-6H2. The Labute approximate surface area is 89.1 Å². The molecule has 1 atom stereocenters. The second-order valence-electron chi connectivity index (χ2n) is 3.89. The fourth-order valence-electron chi connectivity index (χ4n) is 2.00. The fraction of sp³-hybridized carbons (Fsp3) is 0.231. The molecule has 1 unspecified atom stereocenters. The van der Waals surface area contributed by atoms with E-state index in [0.29, 0.717) is 5.92 Å². The Balaban J connectivity index is 2.12. The molecule has 2 heteroatoms. The van der Waals surface area contributed by atoms with Crippen molar-refractivity contribution in [2.45, 2.75) is 12.8 Å². The highest BCUT2D eigenvalue weighted by atomic mass is 14.9. The van der Waals surface area contributed by atoms with Gasteiger partial charge in [-0.15, -0.1) is 0 Å². The fourth-order valence-corrected chi connectivity index (χ4v) is 2.00. The van der Waals surface area contributed by atoms with Gasteiger partial charge < -0.3 is 0 Å². The number of hydrogen-bond acceptors (Lipinski definition) is 2. The van der Waals surface area contributed by atoms with Crippen molar-refractivity contribution in [3.63, 3.8) is 0 Å². The molecule has 0 N–H and O–H groups in total. The van der Waals surface area contributed by atoms with E-state index in [1.807, 2.05) is 30.5 Å². The first-order valence-corrected chi connectivity index (χ1v) is 5.29. The summed E-state index contributed by atoms with van der Waals surface area (Å²) in [6.45, 7) is 0. The van der Waals surface area contributed by atoms with Gasteiger partial charge in [0, 0.05) is 24.3 Å². The first-order valence-electron chi connectivity index (χ1n) is 5.29. The second-order valence-corrected chi connectivity index (χ2v) is 3.89. The molecule has 0 amide bonds. The van der Waals surface area contributed by atoms with Crippen molar-refractivity contribution in [3.8, 4) is 0 Å². The highest BCUT2D eigenvalue weighted by Crippen LogP contribution is 2.32. The first kappa shape index (κ1) is 8.60. The van der Waals surface area contributed by atoms with E-state index in [1.54, 1.807) is 0 Å². The van der Waals surface area contributed by atoms with E-state index in [-0.39, 0.29) is 0 Å². The molecule has 0 spiro atoms. The monoisotopic (exact) mass is 196 g/mol. The zero-order valence-electron chi connectivity index (χ0n) is 8.43. The number of rotatable bonds is 0. The molecule has 74 valence electrons. The maximum atomic E-state index is 4.70. The highest BCUT2D eigenvalue weighted by molar-refractivity contribution is 6.04. The molecule has 0 aromatic heterocycles. The van der Waals surface area contributed by atoms with Gasteiger partial charge in [-0.3, -0.25) is 9.98 Å². The van der Waals surface area contributed by atoms with Crippen molar-refractivity contribution >= 4 is 23.3 Å². The van der Waals surface area contributed by atoms with Crippen LogP contribution in [0.25, 0.3) is 0 Å². The molecule has 2 nitrogen and oxygen atoms in total. The Morgan fingerprint density at radius 1 is 1.07 bits per heavy atom. The molecular formula is C13H12N2. The molecule has 1 heterocycles. The Hall–Kier alpha value is -1.70. The predicted molar refractivity (Wildman–Crippen MR) is 63.6 cm³/mol. The van der Waals surface area contributed by atoms with Crippen LogP contribution < -0.4 is 0 Å². The van der Waals surface area contributed by atoms with Crippen molar-refractivity contribution in [1.82, 2.24) is 0 Å². The normalized spacial score (nSPS) is 22.7. The lowest BCUT2D eigenvalue weighted by atomic mass is 9.93. The number of benzene rings is 1. The summed E-state index contributed by atoms with van der Waals surface area (Å²) in [6.07, 6.45) is 8.44. The summed E-state index contributed by atoms with van der Waals surface area (Å²) in [4.78, 5) is 9.20. The van der Waals surface area contributed by atoms with E-state index < -0.39 is 0 Å². The molecule has 1 aromatic carbocycles. The summed E-state index contributed by atoms with van der Waals surface area (Å²) < 4.78 is 0. The zero-order chi connectivity index (χ0) is 10.1. The number of nitrogens with zero attached hydrogens (tertiary/aromatic N) is 2. The number of allylic oxidation sites excluding steroid dienone is 2. The minimum atomic E-state index is 0.405. The quantitative estimate of drug-likeness (QED) is 0.568. The molecule has 1 aromatic rings. The van der Waals surface area contributed by atoms with Gasteiger partial charge in [-0.2, -0.15) is 0 Å². The highest BCUT2D eigenvalue weighted by Gasteiger charge is 2.17. The zero-order valence-corrected chi connectivity index (χ0v) is 8.43. The smallest absolute Gasteiger partial charge is 0.0885 e. The van der Waals surface area contributed by atoms with E-state index in [0.717, 1.165) is 24.2 Å². The topological polar surface area (TPSA) is 24.7 Å². The molecule has 3 rings (SSSR count). The van der Waals surface area contributed by atoms with Crippen LogP contribution in [0, 0.1) is 5.92 Å². The minimum absolute atomic E-state index is 0.405. The van der Waals surface area contributed by atoms with Gasteiger partial charge in [0.25, 0.3) is 0 Å². The van der Waals surface area contributed by atoms with Crippen molar-refractivity contribution in [3.05, 3.63) is 36.4 Å². The van der Waals surface area contributed by atoms with Crippen molar-refractivity contribution in [2.24, 2.45) is 15.9 Å². The average molecular weight is 196 g/mol. The van der Waals surface area contributed by atoms with Crippen LogP contribution in [-0.2, 0) is 0 Å². The minimum Gasteiger partial charge on any atom is -0.258 e. The lowest BCUT2D eigenvalue weighted by Crippen LogP contribution is -2.16. The second kappa shape index (κ2) is 3.46. The molecular weight excluding hydrogens is 184 g/mol. The van der Waals surface area contributed by atoms with E-state index in [2.05, 4.69) is 17.1 Å². The first-order chi connectivity index (χ1) is 7.43. The van der Waals surface area contributed by atoms with E-state index in [9.17, 15) is 0 Å². The maximum Gasteiger partial charge on any atom is 0.0885 e. The maximum absolute atomic E-state index is 4.70. The molecule has 15 heavy (non-hydrogen) atoms. The third-order valence-electron chi connectivity index (χ3n) is 2.85. The molecule has 1 aliphatic carbocycles. The summed E-state index contributed by atoms with van der Waals surface area (Å²) in [7, 11) is 0. The summed E-state index contributed by atoms with van der Waals surface area (Å²) in [5.74, 6) is 0.405. The van der Waals surface area contributed by atoms with Gasteiger partial charge in [-0.05, 0) is 18.6 Å². The summed E-state index contributed by atoms with van der Waals surface area (Å²) in [5, 5.41) is 0. The number of aliphatic imine (C=N–C) groups is 2. The molecule has 0 radical (unpaired) electrons. The van der Waals surface area contributed by atoms with Crippen LogP contribution in [0.5, 0.6) is 0 Å². The molecule has 0 saturated heterocycles. The lowest BCUT2D eigenvalue weighted by Gasteiger charge is -2.14. The van der Waals surface area contributed by atoms with Gasteiger partial charge in [0.15, 0.2) is 0 Å². The third-order valence-corrected chi connectivity index (χ3v) is 2.85. The van der Waals surface area contributed by atoms with Crippen LogP contribution in [0.15, 0.2) is 46.4 Å². The summed E-state index contributed by atoms with van der Waals surface area (Å²) >= 11 is 0. The lowest BCUT2D eigenvalue weighted by molar-refractivity contribution is 0.904. The summed E-state index contributed by atoms with van der Waals surface area (Å²) in [6, 6.07) is 8.06. The van der Waals surface area contributed by atoms with Crippen molar-refractivity contribution < 1.29 is 0 Å². The van der Waals surface area contributed by atoms with Gasteiger partial charge >= 0.3 is 0 Å². The number of fused-ring (bicyclic) bond motifs is 2. The Kier molecular flexibility index (Phi) is 1.98. The Morgan fingerprint density at radius 2 is 1.93 bits per heavy atom. The molecule has 1 aliphatic heterocycles. The van der Waals surface area contributed by atoms with Crippen LogP contribution in [0.4, 0.5) is 11.4 Å². The van der Waals surface area contributed by atoms with Crippen LogP contribution in [0.3, 0.4) is 0 Å².